The summed E-state index contributed by atoms with van der Waals surface area (Å²) in [5.74, 6) is 0. The predicted molar refractivity (Wildman–Crippen MR) is 150 cm³/mol. The lowest BCUT2D eigenvalue weighted by Gasteiger charge is -2.40. The minimum absolute atomic E-state index is 0.0116. The van der Waals surface area contributed by atoms with Crippen LogP contribution in [0.15, 0.2) is 91.0 Å². The maximum absolute atomic E-state index is 6.58. The summed E-state index contributed by atoms with van der Waals surface area (Å²) in [7, 11) is 0. The van der Waals surface area contributed by atoms with E-state index in [1.165, 1.54) is 48.9 Å². The van der Waals surface area contributed by atoms with Crippen molar-refractivity contribution >= 4 is 44.7 Å². The van der Waals surface area contributed by atoms with Crippen LogP contribution in [0.5, 0.6) is 0 Å². The summed E-state index contributed by atoms with van der Waals surface area (Å²) in [4.78, 5) is 0. The topological polar surface area (TPSA) is 9.23 Å². The Kier molecular flexibility index (Phi) is 5.53. The van der Waals surface area contributed by atoms with Crippen LogP contribution in [-0.2, 0) is 4.65 Å². The third-order valence-corrected chi connectivity index (χ3v) is 7.69. The van der Waals surface area contributed by atoms with Crippen molar-refractivity contribution in [1.29, 1.82) is 0 Å². The van der Waals surface area contributed by atoms with Gasteiger partial charge in [-0.3, -0.25) is 0 Å². The molecule has 0 bridgehead atoms. The first-order valence-corrected chi connectivity index (χ1v) is 12.3. The van der Waals surface area contributed by atoms with E-state index in [1.54, 1.807) is 0 Å². The Morgan fingerprint density at radius 3 is 1.97 bits per heavy atom. The molecule has 0 aliphatic rings. The van der Waals surface area contributed by atoms with Gasteiger partial charge in [0.05, 0.1) is 5.60 Å². The second-order valence-electron chi connectivity index (χ2n) is 11.0. The molecule has 0 fully saturated rings. The molecule has 0 saturated carbocycles. The molecule has 170 valence electrons. The van der Waals surface area contributed by atoms with E-state index >= 15 is 0 Å². The zero-order valence-electron chi connectivity index (χ0n) is 21.1. The second kappa shape index (κ2) is 8.29. The first kappa shape index (κ1) is 22.7. The third-order valence-electron chi connectivity index (χ3n) is 7.69. The molecular formula is C32H33BO. The van der Waals surface area contributed by atoms with Crippen LogP contribution in [0.2, 0.25) is 6.82 Å². The van der Waals surface area contributed by atoms with Crippen molar-refractivity contribution in [2.75, 3.05) is 0 Å². The zero-order valence-corrected chi connectivity index (χ0v) is 21.1. The van der Waals surface area contributed by atoms with Gasteiger partial charge in [0.15, 0.2) is 0 Å². The zero-order chi connectivity index (χ0) is 24.1. The lowest BCUT2D eigenvalue weighted by Crippen LogP contribution is -2.46. The summed E-state index contributed by atoms with van der Waals surface area (Å²) in [5.41, 5.74) is 3.57. The molecule has 2 heteroatoms. The molecule has 0 aromatic heterocycles. The molecule has 0 saturated heterocycles. The Balaban J connectivity index is 1.64. The van der Waals surface area contributed by atoms with Crippen LogP contribution >= 0.6 is 0 Å². The van der Waals surface area contributed by atoms with E-state index in [0.717, 1.165) is 0 Å². The van der Waals surface area contributed by atoms with E-state index < -0.39 is 0 Å². The highest BCUT2D eigenvalue weighted by molar-refractivity contribution is 6.66. The van der Waals surface area contributed by atoms with Crippen molar-refractivity contribution in [1.82, 2.24) is 0 Å². The van der Waals surface area contributed by atoms with Gasteiger partial charge in [0.2, 0.25) is 0 Å². The van der Waals surface area contributed by atoms with Crippen molar-refractivity contribution < 1.29 is 4.65 Å². The van der Waals surface area contributed by atoms with Gasteiger partial charge < -0.3 is 4.65 Å². The molecule has 5 rings (SSSR count). The van der Waals surface area contributed by atoms with E-state index in [9.17, 15) is 0 Å². The fraction of sp³-hybridized carbons (Fsp3) is 0.250. The molecule has 0 heterocycles. The van der Waals surface area contributed by atoms with E-state index in [0.29, 0.717) is 0 Å². The fourth-order valence-corrected chi connectivity index (χ4v) is 4.65. The Labute approximate surface area is 203 Å². The molecule has 0 unspecified atom stereocenters. The number of benzene rings is 5. The van der Waals surface area contributed by atoms with Gasteiger partial charge in [-0.25, -0.2) is 0 Å². The van der Waals surface area contributed by atoms with Crippen LogP contribution in [0, 0.1) is 5.41 Å². The van der Waals surface area contributed by atoms with E-state index in [4.69, 9.17) is 4.65 Å². The van der Waals surface area contributed by atoms with Gasteiger partial charge in [0, 0.05) is 0 Å². The number of rotatable bonds is 4. The lowest BCUT2D eigenvalue weighted by atomic mass is 9.61. The van der Waals surface area contributed by atoms with E-state index in [2.05, 4.69) is 132 Å². The minimum atomic E-state index is -0.233. The third kappa shape index (κ3) is 4.01. The smallest absolute Gasteiger partial charge is 0.324 e. The average molecular weight is 444 g/mol. The second-order valence-corrected chi connectivity index (χ2v) is 11.0. The van der Waals surface area contributed by atoms with Crippen LogP contribution in [0.3, 0.4) is 0 Å². The molecule has 0 radical (unpaired) electrons. The molecule has 0 aliphatic carbocycles. The molecule has 5 aromatic carbocycles. The van der Waals surface area contributed by atoms with Gasteiger partial charge in [-0.05, 0) is 80.3 Å². The largest absolute Gasteiger partial charge is 0.426 e. The van der Waals surface area contributed by atoms with E-state index in [-0.39, 0.29) is 17.9 Å². The summed E-state index contributed by atoms with van der Waals surface area (Å²) in [6.07, 6.45) is 0. The molecule has 1 nitrogen and oxygen atoms in total. The van der Waals surface area contributed by atoms with Crippen molar-refractivity contribution in [3.8, 4) is 11.1 Å². The SMILES string of the molecule is CB(OC(C)(C)C(C)(C)C)c1ccc2cc(-c3ccc4ccccc4c3)c3ccccc3c2c1. The molecule has 0 spiro atoms. The van der Waals surface area contributed by atoms with Gasteiger partial charge in [0.25, 0.3) is 0 Å². The first-order chi connectivity index (χ1) is 16.1. The molecule has 5 aromatic rings. The summed E-state index contributed by atoms with van der Waals surface area (Å²) < 4.78 is 6.58. The van der Waals surface area contributed by atoms with Crippen molar-refractivity contribution in [3.63, 3.8) is 0 Å². The van der Waals surface area contributed by atoms with Gasteiger partial charge in [-0.1, -0.05) is 106 Å². The maximum atomic E-state index is 6.58. The van der Waals surface area contributed by atoms with Crippen molar-refractivity contribution in [3.05, 3.63) is 91.0 Å². The first-order valence-electron chi connectivity index (χ1n) is 12.3. The highest BCUT2D eigenvalue weighted by Gasteiger charge is 2.36. The lowest BCUT2D eigenvalue weighted by molar-refractivity contribution is 0.000454. The molecule has 0 aliphatic heterocycles. The monoisotopic (exact) mass is 444 g/mol. The van der Waals surface area contributed by atoms with Crippen LogP contribution in [0.25, 0.3) is 43.4 Å². The fourth-order valence-electron chi connectivity index (χ4n) is 4.65. The summed E-state index contributed by atoms with van der Waals surface area (Å²) in [5, 5.41) is 7.65. The Bertz CT molecular complexity index is 1510. The number of fused-ring (bicyclic) bond motifs is 4. The maximum Gasteiger partial charge on any atom is 0.324 e. The van der Waals surface area contributed by atoms with Crippen LogP contribution in [0.1, 0.15) is 34.6 Å². The highest BCUT2D eigenvalue weighted by atomic mass is 16.5. The van der Waals surface area contributed by atoms with Crippen molar-refractivity contribution in [2.45, 2.75) is 47.0 Å². The van der Waals surface area contributed by atoms with E-state index in [1.807, 2.05) is 0 Å². The summed E-state index contributed by atoms with van der Waals surface area (Å²) >= 11 is 0. The Hall–Kier alpha value is -3.10. The Morgan fingerprint density at radius 2 is 1.24 bits per heavy atom. The Morgan fingerprint density at radius 1 is 0.588 bits per heavy atom. The van der Waals surface area contributed by atoms with Crippen LogP contribution in [-0.4, -0.2) is 12.5 Å². The summed E-state index contributed by atoms with van der Waals surface area (Å²) in [6.45, 7) is 13.3. The van der Waals surface area contributed by atoms with Crippen LogP contribution < -0.4 is 5.46 Å². The van der Waals surface area contributed by atoms with Gasteiger partial charge in [0.1, 0.15) is 0 Å². The predicted octanol–water partition coefficient (Wildman–Crippen LogP) is 8.48. The van der Waals surface area contributed by atoms with Crippen LogP contribution in [0.4, 0.5) is 0 Å². The number of hydrogen-bond acceptors (Lipinski definition) is 1. The quantitative estimate of drug-likeness (QED) is 0.199. The molecular weight excluding hydrogens is 411 g/mol. The normalized spacial score (nSPS) is 12.5. The molecule has 0 atom stereocenters. The standard InChI is InChI=1S/C32H33BO/c1-31(2,3)32(4,5)34-33(6)26-18-17-25-20-29(27-13-9-10-14-28(27)30(25)21-26)24-16-15-22-11-7-8-12-23(22)19-24/h7-21H,1-6H3. The summed E-state index contributed by atoms with van der Waals surface area (Å²) in [6, 6.07) is 33.3. The van der Waals surface area contributed by atoms with Gasteiger partial charge in [-0.2, -0.15) is 0 Å². The number of hydrogen-bond donors (Lipinski definition) is 0. The molecule has 34 heavy (non-hydrogen) atoms. The van der Waals surface area contributed by atoms with Crippen molar-refractivity contribution in [2.24, 2.45) is 5.41 Å². The van der Waals surface area contributed by atoms with Gasteiger partial charge >= 0.3 is 6.92 Å². The average Bonchev–Trinajstić information content (AvgIpc) is 2.82. The minimum Gasteiger partial charge on any atom is -0.426 e. The highest BCUT2D eigenvalue weighted by Crippen LogP contribution is 2.36. The molecule has 0 amide bonds. The molecule has 0 N–H and O–H groups in total. The van der Waals surface area contributed by atoms with Gasteiger partial charge in [-0.15, -0.1) is 0 Å².